The number of ether oxygens (including phenoxy) is 4. The van der Waals surface area contributed by atoms with Gasteiger partial charge < -0.3 is 39.4 Å². The van der Waals surface area contributed by atoms with E-state index in [1.54, 1.807) is 0 Å². The van der Waals surface area contributed by atoms with Crippen molar-refractivity contribution in [2.45, 2.75) is 18.4 Å². The summed E-state index contributed by atoms with van der Waals surface area (Å²) in [5.41, 5.74) is -2.66. The monoisotopic (exact) mass is 368 g/mol. The third-order valence-corrected chi connectivity index (χ3v) is 2.72. The van der Waals surface area contributed by atoms with Crippen LogP contribution in [0.3, 0.4) is 0 Å². The highest BCUT2D eigenvalue weighted by atomic mass is 16.6. The van der Waals surface area contributed by atoms with Crippen molar-refractivity contribution in [3.8, 4) is 0 Å². The van der Waals surface area contributed by atoms with E-state index in [4.69, 9.17) is 24.8 Å². The molecule has 0 heterocycles. The molecule has 0 unspecified atom stereocenters. The maximum atomic E-state index is 11.6. The summed E-state index contributed by atoms with van der Waals surface area (Å²) in [4.78, 5) is 34.3. The van der Waals surface area contributed by atoms with Crippen LogP contribution < -0.4 is 0 Å². The van der Waals surface area contributed by atoms with Gasteiger partial charge in [0.15, 0.2) is 5.60 Å². The van der Waals surface area contributed by atoms with Gasteiger partial charge in [-0.1, -0.05) is 0 Å². The van der Waals surface area contributed by atoms with E-state index < -0.39 is 36.4 Å². The first kappa shape index (κ1) is 23.2. The Labute approximate surface area is 144 Å². The molecule has 0 spiro atoms. The summed E-state index contributed by atoms with van der Waals surface area (Å²) in [6.07, 6.45) is -1.89. The second kappa shape index (κ2) is 13.5. The van der Waals surface area contributed by atoms with Crippen LogP contribution in [0.25, 0.3) is 0 Å². The van der Waals surface area contributed by atoms with Crippen LogP contribution >= 0.6 is 0 Å². The molecule has 11 heteroatoms. The molecule has 0 aromatic heterocycles. The van der Waals surface area contributed by atoms with Crippen molar-refractivity contribution in [2.75, 3.05) is 52.9 Å². The van der Waals surface area contributed by atoms with E-state index in [-0.39, 0.29) is 52.9 Å². The third-order valence-electron chi connectivity index (χ3n) is 2.72. The van der Waals surface area contributed by atoms with Crippen molar-refractivity contribution in [3.05, 3.63) is 0 Å². The van der Waals surface area contributed by atoms with Crippen molar-refractivity contribution < 1.29 is 53.8 Å². The molecule has 0 amide bonds. The summed E-state index contributed by atoms with van der Waals surface area (Å²) < 4.78 is 19.0. The predicted molar refractivity (Wildman–Crippen MR) is 79.5 cm³/mol. The number of aliphatic hydroxyl groups excluding tert-OH is 2. The minimum atomic E-state index is -2.66. The highest BCUT2D eigenvalue weighted by molar-refractivity contribution is 5.88. The summed E-state index contributed by atoms with van der Waals surface area (Å²) >= 11 is 0. The van der Waals surface area contributed by atoms with Crippen LogP contribution in [0.15, 0.2) is 0 Å². The van der Waals surface area contributed by atoms with Crippen LogP contribution in [-0.4, -0.2) is 96.8 Å². The Kier molecular flexibility index (Phi) is 12.5. The molecule has 0 aliphatic rings. The topological polar surface area (TPSA) is 169 Å². The lowest BCUT2D eigenvalue weighted by Crippen LogP contribution is -2.43. The van der Waals surface area contributed by atoms with E-state index >= 15 is 0 Å². The highest BCUT2D eigenvalue weighted by Gasteiger charge is 2.42. The van der Waals surface area contributed by atoms with Crippen molar-refractivity contribution >= 4 is 17.9 Å². The molecule has 0 aromatic carbocycles. The van der Waals surface area contributed by atoms with Gasteiger partial charge in [-0.3, -0.25) is 9.59 Å². The van der Waals surface area contributed by atoms with Gasteiger partial charge in [-0.25, -0.2) is 4.79 Å². The summed E-state index contributed by atoms with van der Waals surface area (Å²) in [5.74, 6) is -3.83. The molecule has 0 saturated heterocycles. The van der Waals surface area contributed by atoms with Gasteiger partial charge in [0, 0.05) is 0 Å². The third kappa shape index (κ3) is 11.4. The Balaban J connectivity index is 4.27. The summed E-state index contributed by atoms with van der Waals surface area (Å²) in [6, 6.07) is 0. The summed E-state index contributed by atoms with van der Waals surface area (Å²) in [7, 11) is 0. The molecule has 0 fully saturated rings. The Morgan fingerprint density at radius 2 is 1.12 bits per heavy atom. The number of aliphatic carboxylic acids is 1. The van der Waals surface area contributed by atoms with E-state index in [9.17, 15) is 19.5 Å². The normalized spacial score (nSPS) is 11.2. The molecule has 0 rings (SSSR count). The van der Waals surface area contributed by atoms with Gasteiger partial charge in [-0.2, -0.15) is 0 Å². The molecule has 0 aliphatic carbocycles. The van der Waals surface area contributed by atoms with Gasteiger partial charge in [-0.15, -0.1) is 0 Å². The van der Waals surface area contributed by atoms with Crippen LogP contribution in [0.1, 0.15) is 12.8 Å². The van der Waals surface area contributed by atoms with Crippen LogP contribution in [0, 0.1) is 0 Å². The lowest BCUT2D eigenvalue weighted by molar-refractivity contribution is -0.174. The molecule has 0 radical (unpaired) electrons. The zero-order chi connectivity index (χ0) is 19.1. The van der Waals surface area contributed by atoms with Crippen LogP contribution in [-0.2, 0) is 33.3 Å². The fourth-order valence-corrected chi connectivity index (χ4v) is 1.56. The van der Waals surface area contributed by atoms with E-state index in [1.807, 2.05) is 0 Å². The van der Waals surface area contributed by atoms with Crippen molar-refractivity contribution in [3.63, 3.8) is 0 Å². The zero-order valence-corrected chi connectivity index (χ0v) is 13.7. The molecule has 0 saturated carbocycles. The number of carboxylic acid groups (broad SMARTS) is 1. The minimum absolute atomic E-state index is 0.00627. The van der Waals surface area contributed by atoms with Crippen LogP contribution in [0.4, 0.5) is 0 Å². The number of carboxylic acids is 1. The molecule has 0 aliphatic heterocycles. The quantitative estimate of drug-likeness (QED) is 0.181. The molecule has 0 atom stereocenters. The van der Waals surface area contributed by atoms with E-state index in [2.05, 4.69) is 9.47 Å². The molecule has 0 aromatic rings. The molecule has 11 nitrogen and oxygen atoms in total. The number of hydrogen-bond acceptors (Lipinski definition) is 10. The average Bonchev–Trinajstić information content (AvgIpc) is 2.54. The maximum absolute atomic E-state index is 11.6. The van der Waals surface area contributed by atoms with Gasteiger partial charge >= 0.3 is 17.9 Å². The van der Waals surface area contributed by atoms with Gasteiger partial charge in [0.05, 0.1) is 52.5 Å². The first-order valence-corrected chi connectivity index (χ1v) is 7.50. The molecule has 25 heavy (non-hydrogen) atoms. The summed E-state index contributed by atoms with van der Waals surface area (Å²) in [5, 5.41) is 36.0. The van der Waals surface area contributed by atoms with E-state index in [1.165, 1.54) is 0 Å². The van der Waals surface area contributed by atoms with Crippen molar-refractivity contribution in [2.24, 2.45) is 0 Å². The standard InChI is InChI=1S/C14H24O11/c15-1-3-22-5-7-24-11(17)9-14(21,13(19)20)10-12(18)25-8-6-23-4-2-16/h15-16,21H,1-10H2,(H,19,20). The minimum Gasteiger partial charge on any atom is -0.479 e. The number of carbonyl (C=O) groups excluding carboxylic acids is 2. The average molecular weight is 368 g/mol. The SMILES string of the molecule is O=C(CC(O)(CC(=O)OCCOCCO)C(=O)O)OCCOCCO. The second-order valence-electron chi connectivity index (χ2n) is 4.80. The smallest absolute Gasteiger partial charge is 0.336 e. The fourth-order valence-electron chi connectivity index (χ4n) is 1.56. The highest BCUT2D eigenvalue weighted by Crippen LogP contribution is 2.18. The Hall–Kier alpha value is -1.79. The molecule has 4 N–H and O–H groups in total. The second-order valence-corrected chi connectivity index (χ2v) is 4.80. The molecule has 146 valence electrons. The number of rotatable bonds is 15. The van der Waals surface area contributed by atoms with Gasteiger partial charge in [0.25, 0.3) is 0 Å². The molecular weight excluding hydrogens is 344 g/mol. The van der Waals surface area contributed by atoms with Gasteiger partial charge in [0.2, 0.25) is 0 Å². The maximum Gasteiger partial charge on any atom is 0.336 e. The number of hydrogen-bond donors (Lipinski definition) is 4. The van der Waals surface area contributed by atoms with E-state index in [0.717, 1.165) is 0 Å². The predicted octanol–water partition coefficient (Wildman–Crippen LogP) is -2.31. The Morgan fingerprint density at radius 3 is 1.44 bits per heavy atom. The lowest BCUT2D eigenvalue weighted by Gasteiger charge is -2.21. The number of aliphatic hydroxyl groups is 3. The van der Waals surface area contributed by atoms with Gasteiger partial charge in [-0.05, 0) is 0 Å². The molecule has 0 bridgehead atoms. The van der Waals surface area contributed by atoms with E-state index in [0.29, 0.717) is 0 Å². The Bertz CT molecular complexity index is 382. The first-order valence-electron chi connectivity index (χ1n) is 7.50. The fraction of sp³-hybridized carbons (Fsp3) is 0.786. The van der Waals surface area contributed by atoms with Crippen molar-refractivity contribution in [1.29, 1.82) is 0 Å². The zero-order valence-electron chi connectivity index (χ0n) is 13.7. The lowest BCUT2D eigenvalue weighted by atomic mass is 9.96. The van der Waals surface area contributed by atoms with Crippen LogP contribution in [0.2, 0.25) is 0 Å². The molecular formula is C14H24O11. The van der Waals surface area contributed by atoms with Crippen LogP contribution in [0.5, 0.6) is 0 Å². The van der Waals surface area contributed by atoms with Crippen molar-refractivity contribution in [1.82, 2.24) is 0 Å². The summed E-state index contributed by atoms with van der Waals surface area (Å²) in [6.45, 7) is -0.668. The van der Waals surface area contributed by atoms with Gasteiger partial charge in [0.1, 0.15) is 13.2 Å². The number of carbonyl (C=O) groups is 3. The first-order chi connectivity index (χ1) is 11.9. The Morgan fingerprint density at radius 1 is 0.720 bits per heavy atom. The number of esters is 2. The largest absolute Gasteiger partial charge is 0.479 e.